The molecule has 3 N–H and O–H groups in total. The molecular weight excluding hydrogens is 216 g/mol. The van der Waals surface area contributed by atoms with Gasteiger partial charge in [0.25, 0.3) is 0 Å². The van der Waals surface area contributed by atoms with Crippen LogP contribution in [-0.4, -0.2) is 22.8 Å². The summed E-state index contributed by atoms with van der Waals surface area (Å²) in [5.41, 5.74) is 5.49. The fourth-order valence-corrected chi connectivity index (χ4v) is 2.84. The zero-order valence-corrected chi connectivity index (χ0v) is 11.1. The summed E-state index contributed by atoms with van der Waals surface area (Å²) in [4.78, 5) is 11.9. The van der Waals surface area contributed by atoms with Gasteiger partial charge in [-0.15, -0.1) is 0 Å². The van der Waals surface area contributed by atoms with E-state index >= 15 is 0 Å². The maximum absolute atomic E-state index is 11.9. The van der Waals surface area contributed by atoms with E-state index in [1.165, 1.54) is 0 Å². The number of nitrogens with two attached hydrogens (primary N) is 1. The first kappa shape index (κ1) is 12.7. The van der Waals surface area contributed by atoms with E-state index in [2.05, 4.69) is 5.32 Å². The molecule has 0 aromatic rings. The number of rotatable bonds is 2. The molecular formula is C13H24N2O2. The summed E-state index contributed by atoms with van der Waals surface area (Å²) >= 11 is 0. The summed E-state index contributed by atoms with van der Waals surface area (Å²) in [7, 11) is 0. The Labute approximate surface area is 103 Å². The highest BCUT2D eigenvalue weighted by atomic mass is 16.6. The van der Waals surface area contributed by atoms with Crippen LogP contribution in [0.5, 0.6) is 0 Å². The highest BCUT2D eigenvalue weighted by Gasteiger charge is 2.58. The van der Waals surface area contributed by atoms with Gasteiger partial charge in [-0.25, -0.2) is 4.79 Å². The molecule has 4 heteroatoms. The molecule has 0 atom stereocenters. The van der Waals surface area contributed by atoms with Crippen LogP contribution in [0, 0.1) is 0 Å². The first-order valence-electron chi connectivity index (χ1n) is 6.57. The van der Waals surface area contributed by atoms with Crippen molar-refractivity contribution >= 4 is 6.09 Å². The topological polar surface area (TPSA) is 64.3 Å². The average molecular weight is 240 g/mol. The van der Waals surface area contributed by atoms with E-state index in [9.17, 15) is 4.79 Å². The van der Waals surface area contributed by atoms with Gasteiger partial charge >= 0.3 is 6.09 Å². The molecule has 1 amide bonds. The fraction of sp³-hybridized carbons (Fsp3) is 0.923. The molecule has 98 valence electrons. The van der Waals surface area contributed by atoms with E-state index < -0.39 is 5.60 Å². The maximum Gasteiger partial charge on any atom is 0.408 e. The van der Waals surface area contributed by atoms with E-state index in [0.29, 0.717) is 0 Å². The van der Waals surface area contributed by atoms with Crippen LogP contribution in [0.3, 0.4) is 0 Å². The molecule has 4 nitrogen and oxygen atoms in total. The molecule has 2 aliphatic rings. The Hall–Kier alpha value is -0.770. The number of carbonyl (C=O) groups is 1. The second-order valence-corrected chi connectivity index (χ2v) is 6.57. The van der Waals surface area contributed by atoms with E-state index in [1.54, 1.807) is 0 Å². The van der Waals surface area contributed by atoms with Crippen LogP contribution in [0.15, 0.2) is 0 Å². The number of hydrogen-bond donors (Lipinski definition) is 2. The van der Waals surface area contributed by atoms with Crippen molar-refractivity contribution in [2.24, 2.45) is 5.73 Å². The van der Waals surface area contributed by atoms with Crippen LogP contribution in [-0.2, 0) is 4.74 Å². The summed E-state index contributed by atoms with van der Waals surface area (Å²) in [6.45, 7) is 5.63. The number of amides is 1. The average Bonchev–Trinajstić information content (AvgIpc) is 2.74. The Balaban J connectivity index is 2.02. The van der Waals surface area contributed by atoms with Crippen LogP contribution >= 0.6 is 0 Å². The molecule has 0 bridgehead atoms. The minimum absolute atomic E-state index is 0.180. The lowest BCUT2D eigenvalue weighted by molar-refractivity contribution is 0.0429. The summed E-state index contributed by atoms with van der Waals surface area (Å²) in [6.07, 6.45) is 5.98. The lowest BCUT2D eigenvalue weighted by Crippen LogP contribution is -2.60. The van der Waals surface area contributed by atoms with Gasteiger partial charge in [0.1, 0.15) is 5.60 Å². The van der Waals surface area contributed by atoms with Crippen molar-refractivity contribution in [3.63, 3.8) is 0 Å². The molecule has 0 aromatic heterocycles. The predicted octanol–water partition coefficient (Wildman–Crippen LogP) is 2.32. The fourth-order valence-electron chi connectivity index (χ4n) is 2.84. The van der Waals surface area contributed by atoms with Crippen molar-refractivity contribution in [3.05, 3.63) is 0 Å². The van der Waals surface area contributed by atoms with E-state index in [4.69, 9.17) is 10.5 Å². The van der Waals surface area contributed by atoms with Gasteiger partial charge in [-0.1, -0.05) is 12.8 Å². The minimum Gasteiger partial charge on any atom is -0.444 e. The summed E-state index contributed by atoms with van der Waals surface area (Å²) in [5, 5.41) is 3.07. The maximum atomic E-state index is 11.9. The number of nitrogens with one attached hydrogen (secondary N) is 1. The number of alkyl carbamates (subject to hydrolysis) is 1. The van der Waals surface area contributed by atoms with Crippen LogP contribution in [0.2, 0.25) is 0 Å². The zero-order chi connectivity index (χ0) is 12.7. The standard InChI is InChI=1S/C13H24N2O2/c1-11(2,3)17-10(16)15-13(6-4-5-7-13)12(14)8-9-12/h4-9,14H2,1-3H3,(H,15,16). The third kappa shape index (κ3) is 2.57. The van der Waals surface area contributed by atoms with Crippen molar-refractivity contribution in [3.8, 4) is 0 Å². The van der Waals surface area contributed by atoms with Gasteiger partial charge in [-0.2, -0.15) is 0 Å². The molecule has 0 spiro atoms. The molecule has 2 aliphatic carbocycles. The summed E-state index contributed by atoms with van der Waals surface area (Å²) < 4.78 is 5.34. The van der Waals surface area contributed by atoms with Crippen molar-refractivity contribution in [2.75, 3.05) is 0 Å². The molecule has 0 unspecified atom stereocenters. The SMILES string of the molecule is CC(C)(C)OC(=O)NC1(C2(N)CC2)CCCC1. The molecule has 0 heterocycles. The third-order valence-electron chi connectivity index (χ3n) is 3.94. The normalized spacial score (nSPS) is 25.4. The van der Waals surface area contributed by atoms with Gasteiger partial charge in [0.2, 0.25) is 0 Å². The number of hydrogen-bond acceptors (Lipinski definition) is 3. The second kappa shape index (κ2) is 3.87. The smallest absolute Gasteiger partial charge is 0.408 e. The minimum atomic E-state index is -0.449. The Morgan fingerprint density at radius 2 is 1.71 bits per heavy atom. The van der Waals surface area contributed by atoms with Crippen molar-refractivity contribution in [1.29, 1.82) is 0 Å². The monoisotopic (exact) mass is 240 g/mol. The van der Waals surface area contributed by atoms with E-state index in [1.807, 2.05) is 20.8 Å². The summed E-state index contributed by atoms with van der Waals surface area (Å²) in [6, 6.07) is 0. The Bertz CT molecular complexity index is 310. The van der Waals surface area contributed by atoms with Gasteiger partial charge in [0, 0.05) is 5.54 Å². The second-order valence-electron chi connectivity index (χ2n) is 6.57. The van der Waals surface area contributed by atoms with Gasteiger partial charge in [0.15, 0.2) is 0 Å². The van der Waals surface area contributed by atoms with Crippen LogP contribution in [0.25, 0.3) is 0 Å². The lowest BCUT2D eigenvalue weighted by atomic mass is 9.86. The highest BCUT2D eigenvalue weighted by Crippen LogP contribution is 2.50. The zero-order valence-electron chi connectivity index (χ0n) is 11.1. The third-order valence-corrected chi connectivity index (χ3v) is 3.94. The van der Waals surface area contributed by atoms with Crippen molar-refractivity contribution < 1.29 is 9.53 Å². The molecule has 0 radical (unpaired) electrons. The Kier molecular flexibility index (Phi) is 2.89. The largest absolute Gasteiger partial charge is 0.444 e. The quantitative estimate of drug-likeness (QED) is 0.778. The molecule has 0 aromatic carbocycles. The Morgan fingerprint density at radius 1 is 1.18 bits per heavy atom. The molecule has 0 aliphatic heterocycles. The van der Waals surface area contributed by atoms with Crippen molar-refractivity contribution in [2.45, 2.75) is 76.0 Å². The lowest BCUT2D eigenvalue weighted by Gasteiger charge is -2.37. The number of ether oxygens (including phenoxy) is 1. The van der Waals surface area contributed by atoms with Crippen LogP contribution in [0.1, 0.15) is 59.3 Å². The molecule has 2 rings (SSSR count). The van der Waals surface area contributed by atoms with E-state index in [-0.39, 0.29) is 17.2 Å². The highest BCUT2D eigenvalue weighted by molar-refractivity contribution is 5.69. The first-order chi connectivity index (χ1) is 7.77. The van der Waals surface area contributed by atoms with Gasteiger partial charge in [-0.05, 0) is 46.5 Å². The van der Waals surface area contributed by atoms with Crippen molar-refractivity contribution in [1.82, 2.24) is 5.32 Å². The molecule has 2 saturated carbocycles. The molecule has 17 heavy (non-hydrogen) atoms. The predicted molar refractivity (Wildman–Crippen MR) is 66.7 cm³/mol. The van der Waals surface area contributed by atoms with Gasteiger partial charge in [-0.3, -0.25) is 0 Å². The molecule has 0 saturated heterocycles. The van der Waals surface area contributed by atoms with E-state index in [0.717, 1.165) is 38.5 Å². The van der Waals surface area contributed by atoms with Crippen LogP contribution in [0.4, 0.5) is 4.79 Å². The Morgan fingerprint density at radius 3 is 2.12 bits per heavy atom. The number of carbonyl (C=O) groups excluding carboxylic acids is 1. The van der Waals surface area contributed by atoms with Crippen LogP contribution < -0.4 is 11.1 Å². The molecule has 2 fully saturated rings. The first-order valence-corrected chi connectivity index (χ1v) is 6.57. The summed E-state index contributed by atoms with van der Waals surface area (Å²) in [5.74, 6) is 0. The van der Waals surface area contributed by atoms with Gasteiger partial charge < -0.3 is 15.8 Å². The van der Waals surface area contributed by atoms with Gasteiger partial charge in [0.05, 0.1) is 5.54 Å².